The van der Waals surface area contributed by atoms with E-state index in [1.807, 2.05) is 46.0 Å². The minimum Gasteiger partial charge on any atom is -0.488 e. The van der Waals surface area contributed by atoms with Gasteiger partial charge >= 0.3 is 5.97 Å². The molecule has 1 aliphatic rings. The summed E-state index contributed by atoms with van der Waals surface area (Å²) >= 11 is 2.20. The van der Waals surface area contributed by atoms with Crippen LogP contribution in [0.2, 0.25) is 0 Å². The van der Waals surface area contributed by atoms with E-state index in [-0.39, 0.29) is 12.5 Å². The minimum atomic E-state index is -0.519. The second-order valence-corrected chi connectivity index (χ2v) is 8.69. The summed E-state index contributed by atoms with van der Waals surface area (Å²) in [5, 5.41) is 5.55. The van der Waals surface area contributed by atoms with Crippen LogP contribution in [0, 0.1) is 10.6 Å². The van der Waals surface area contributed by atoms with Crippen LogP contribution in [0.1, 0.15) is 32.0 Å². The number of halogens is 1. The molecule has 0 saturated heterocycles. The monoisotopic (exact) mass is 477 g/mol. The van der Waals surface area contributed by atoms with Crippen molar-refractivity contribution in [3.8, 4) is 16.9 Å². The van der Waals surface area contributed by atoms with Gasteiger partial charge < -0.3 is 9.47 Å². The van der Waals surface area contributed by atoms with Gasteiger partial charge in [0.05, 0.1) is 5.52 Å². The highest BCUT2D eigenvalue weighted by Gasteiger charge is 2.23. The zero-order chi connectivity index (χ0) is 19.3. The molecule has 7 heteroatoms. The molecule has 0 amide bonds. The maximum atomic E-state index is 12.2. The number of aromatic nitrogens is 3. The molecule has 0 aliphatic carbocycles. The summed E-state index contributed by atoms with van der Waals surface area (Å²) in [4.78, 5) is 16.7. The van der Waals surface area contributed by atoms with Crippen LogP contribution in [0.3, 0.4) is 0 Å². The number of benzene rings is 1. The second-order valence-electron chi connectivity index (χ2n) is 7.67. The number of hydrogen-bond acceptors (Lipinski definition) is 5. The molecule has 0 fully saturated rings. The quantitative estimate of drug-likeness (QED) is 0.408. The normalized spacial score (nSPS) is 13.1. The van der Waals surface area contributed by atoms with Crippen LogP contribution in [-0.4, -0.2) is 26.3 Å². The predicted octanol–water partition coefficient (Wildman–Crippen LogP) is 4.25. The number of rotatable bonds is 2. The first-order valence-corrected chi connectivity index (χ1v) is 9.80. The number of carbonyl (C=O) groups excluding carboxylic acids is 1. The van der Waals surface area contributed by atoms with Gasteiger partial charge in [-0.1, -0.05) is 0 Å². The van der Waals surface area contributed by atoms with Gasteiger partial charge in [-0.2, -0.15) is 5.10 Å². The van der Waals surface area contributed by atoms with E-state index in [9.17, 15) is 4.79 Å². The molecule has 0 unspecified atom stereocenters. The van der Waals surface area contributed by atoms with Gasteiger partial charge in [0.15, 0.2) is 0 Å². The van der Waals surface area contributed by atoms with Crippen molar-refractivity contribution in [2.45, 2.75) is 46.4 Å². The number of carbonyl (C=O) groups is 1. The Kier molecular flexibility index (Phi) is 4.37. The Morgan fingerprint density at radius 2 is 2.07 bits per heavy atom. The maximum Gasteiger partial charge on any atom is 0.328 e. The fraction of sp³-hybridized carbons (Fsp3) is 0.350. The molecule has 1 aliphatic heterocycles. The third kappa shape index (κ3) is 3.52. The fourth-order valence-electron chi connectivity index (χ4n) is 3.22. The molecule has 0 spiro atoms. The highest BCUT2D eigenvalue weighted by molar-refractivity contribution is 14.1. The molecule has 4 rings (SSSR count). The van der Waals surface area contributed by atoms with Crippen LogP contribution in [0.4, 0.5) is 0 Å². The average molecular weight is 477 g/mol. The zero-order valence-corrected chi connectivity index (χ0v) is 17.8. The summed E-state index contributed by atoms with van der Waals surface area (Å²) in [6, 6.07) is 6.12. The van der Waals surface area contributed by atoms with Gasteiger partial charge in [0.25, 0.3) is 0 Å². The molecule has 0 N–H and O–H groups in total. The van der Waals surface area contributed by atoms with Gasteiger partial charge in [0, 0.05) is 28.9 Å². The molecular formula is C20H20IN3O3. The van der Waals surface area contributed by atoms with E-state index >= 15 is 0 Å². The van der Waals surface area contributed by atoms with E-state index in [2.05, 4.69) is 38.7 Å². The van der Waals surface area contributed by atoms with E-state index in [4.69, 9.17) is 9.47 Å². The van der Waals surface area contributed by atoms with Crippen molar-refractivity contribution in [3.05, 3.63) is 39.4 Å². The number of hydrogen-bond donors (Lipinski definition) is 0. The molecule has 140 valence electrons. The Morgan fingerprint density at radius 3 is 2.81 bits per heavy atom. The van der Waals surface area contributed by atoms with Gasteiger partial charge in [-0.25, -0.2) is 0 Å². The van der Waals surface area contributed by atoms with Crippen molar-refractivity contribution in [2.75, 3.05) is 0 Å². The molecule has 3 aromatic rings. The summed E-state index contributed by atoms with van der Waals surface area (Å²) < 4.78 is 13.9. The highest BCUT2D eigenvalue weighted by atomic mass is 127. The molecular weight excluding hydrogens is 457 g/mol. The average Bonchev–Trinajstić information content (AvgIpc) is 2.86. The van der Waals surface area contributed by atoms with Crippen molar-refractivity contribution in [2.24, 2.45) is 0 Å². The second kappa shape index (κ2) is 6.47. The largest absolute Gasteiger partial charge is 0.488 e. The summed E-state index contributed by atoms with van der Waals surface area (Å²) in [6.07, 6.45) is 1.85. The van der Waals surface area contributed by atoms with E-state index in [1.54, 1.807) is 4.68 Å². The number of pyridine rings is 1. The summed E-state index contributed by atoms with van der Waals surface area (Å²) in [5.74, 6) is 0.549. The summed E-state index contributed by atoms with van der Waals surface area (Å²) in [7, 11) is 0. The smallest absolute Gasteiger partial charge is 0.328 e. The van der Waals surface area contributed by atoms with Crippen molar-refractivity contribution in [1.29, 1.82) is 0 Å². The molecule has 1 aromatic carbocycles. The number of fused-ring (bicyclic) bond motifs is 4. The van der Waals surface area contributed by atoms with Crippen LogP contribution >= 0.6 is 22.6 Å². The molecule has 0 atom stereocenters. The van der Waals surface area contributed by atoms with Crippen LogP contribution in [0.25, 0.3) is 22.0 Å². The van der Waals surface area contributed by atoms with E-state index in [0.29, 0.717) is 6.61 Å². The van der Waals surface area contributed by atoms with Crippen molar-refractivity contribution < 1.29 is 14.3 Å². The van der Waals surface area contributed by atoms with Gasteiger partial charge in [-0.05, 0) is 73.5 Å². The first-order valence-electron chi connectivity index (χ1n) is 8.72. The molecule has 0 radical (unpaired) electrons. The van der Waals surface area contributed by atoms with Gasteiger partial charge in [-0.3, -0.25) is 14.5 Å². The maximum absolute atomic E-state index is 12.2. The summed E-state index contributed by atoms with van der Waals surface area (Å²) in [5.41, 5.74) is 4.46. The Balaban J connectivity index is 1.77. The van der Waals surface area contributed by atoms with Crippen molar-refractivity contribution in [3.63, 3.8) is 0 Å². The van der Waals surface area contributed by atoms with Crippen LogP contribution < -0.4 is 4.74 Å². The van der Waals surface area contributed by atoms with Crippen molar-refractivity contribution in [1.82, 2.24) is 14.8 Å². The first kappa shape index (κ1) is 18.2. The predicted molar refractivity (Wildman–Crippen MR) is 111 cm³/mol. The third-order valence-corrected chi connectivity index (χ3v) is 5.10. The fourth-order valence-corrected chi connectivity index (χ4v) is 3.92. The van der Waals surface area contributed by atoms with Crippen molar-refractivity contribution >= 4 is 39.5 Å². The lowest BCUT2D eigenvalue weighted by atomic mass is 9.96. The molecule has 27 heavy (non-hydrogen) atoms. The van der Waals surface area contributed by atoms with E-state index < -0.39 is 5.60 Å². The SMILES string of the molecule is Cc1cc2c(cn1)-c1cc3c(I)nn(CC(=O)OC(C)(C)C)c3cc1CO2. The third-order valence-electron chi connectivity index (χ3n) is 4.31. The minimum absolute atomic E-state index is 0.0771. The Morgan fingerprint density at radius 1 is 1.30 bits per heavy atom. The van der Waals surface area contributed by atoms with E-state index in [0.717, 1.165) is 42.7 Å². The van der Waals surface area contributed by atoms with Gasteiger partial charge in [0.1, 0.15) is 28.2 Å². The molecule has 0 saturated carbocycles. The summed E-state index contributed by atoms with van der Waals surface area (Å²) in [6.45, 7) is 8.08. The number of ether oxygens (including phenoxy) is 2. The Hall–Kier alpha value is -2.16. The Labute approximate surface area is 171 Å². The molecule has 6 nitrogen and oxygen atoms in total. The number of aryl methyl sites for hydroxylation is 1. The number of esters is 1. The lowest BCUT2D eigenvalue weighted by Gasteiger charge is -2.21. The molecule has 3 heterocycles. The topological polar surface area (TPSA) is 66.2 Å². The standard InChI is InChI=1S/C20H20IN3O3/c1-11-5-17-15(8-22-11)13-7-14-16(6-12(13)10-26-17)24(23-19(14)21)9-18(25)27-20(2,3)4/h5-8H,9-10H2,1-4H3. The van der Waals surface area contributed by atoms with Crippen LogP contribution in [-0.2, 0) is 22.7 Å². The van der Waals surface area contributed by atoms with E-state index in [1.165, 1.54) is 0 Å². The highest BCUT2D eigenvalue weighted by Crippen LogP contribution is 2.40. The van der Waals surface area contributed by atoms with Gasteiger partial charge in [0.2, 0.25) is 0 Å². The van der Waals surface area contributed by atoms with Crippen LogP contribution in [0.15, 0.2) is 24.4 Å². The zero-order valence-electron chi connectivity index (χ0n) is 15.7. The Bertz CT molecular complexity index is 1070. The van der Waals surface area contributed by atoms with Crippen LogP contribution in [0.5, 0.6) is 5.75 Å². The number of nitrogens with zero attached hydrogens (tertiary/aromatic N) is 3. The van der Waals surface area contributed by atoms with Gasteiger partial charge in [-0.15, -0.1) is 0 Å². The molecule has 0 bridgehead atoms. The first-order chi connectivity index (χ1) is 12.7. The lowest BCUT2D eigenvalue weighted by Crippen LogP contribution is -2.26. The molecule has 2 aromatic heterocycles. The lowest BCUT2D eigenvalue weighted by molar-refractivity contribution is -0.155.